The second-order valence-electron chi connectivity index (χ2n) is 7.47. The zero-order valence-electron chi connectivity index (χ0n) is 14.9. The Balaban J connectivity index is 2.24. The maximum absolute atomic E-state index is 14.5. The Bertz CT molecular complexity index is 784. The van der Waals surface area contributed by atoms with E-state index in [9.17, 15) is 13.9 Å². The molecule has 1 aliphatic rings. The summed E-state index contributed by atoms with van der Waals surface area (Å²) in [6.07, 6.45) is 3.13. The molecule has 0 aliphatic heterocycles. The maximum Gasteiger partial charge on any atom is 0.131 e. The number of methoxy groups -OCH3 is 1. The summed E-state index contributed by atoms with van der Waals surface area (Å²) < 4.78 is 34.1. The molecule has 1 N–H and O–H groups in total. The Morgan fingerprint density at radius 1 is 1.12 bits per heavy atom. The van der Waals surface area contributed by atoms with Crippen LogP contribution in [-0.2, 0) is 6.61 Å². The van der Waals surface area contributed by atoms with Gasteiger partial charge in [0.05, 0.1) is 13.7 Å². The van der Waals surface area contributed by atoms with Crippen molar-refractivity contribution in [1.82, 2.24) is 0 Å². The Morgan fingerprint density at radius 3 is 2.48 bits per heavy atom. The molecule has 3 rings (SSSR count). The topological polar surface area (TPSA) is 29.5 Å². The van der Waals surface area contributed by atoms with Crippen LogP contribution in [0.2, 0.25) is 0 Å². The molecular formula is C21H24F2O2. The van der Waals surface area contributed by atoms with Crippen LogP contribution in [-0.4, -0.2) is 12.2 Å². The predicted molar refractivity (Wildman–Crippen MR) is 94.6 cm³/mol. The summed E-state index contributed by atoms with van der Waals surface area (Å²) in [5.41, 5.74) is 2.09. The van der Waals surface area contributed by atoms with Gasteiger partial charge in [0.1, 0.15) is 17.4 Å². The van der Waals surface area contributed by atoms with E-state index in [2.05, 4.69) is 13.8 Å². The van der Waals surface area contributed by atoms with E-state index in [0.29, 0.717) is 16.9 Å². The fourth-order valence-electron chi connectivity index (χ4n) is 4.02. The molecule has 1 saturated carbocycles. The lowest BCUT2D eigenvalue weighted by atomic mass is 9.75. The van der Waals surface area contributed by atoms with E-state index in [1.165, 1.54) is 19.2 Å². The molecule has 0 bridgehead atoms. The molecule has 0 aromatic heterocycles. The molecule has 1 atom stereocenters. The van der Waals surface area contributed by atoms with Crippen LogP contribution in [0.5, 0.6) is 5.75 Å². The number of hydrogen-bond acceptors (Lipinski definition) is 2. The highest BCUT2D eigenvalue weighted by Crippen LogP contribution is 2.51. The van der Waals surface area contributed by atoms with Crippen LogP contribution in [0.25, 0.3) is 11.1 Å². The minimum Gasteiger partial charge on any atom is -0.497 e. The zero-order chi connectivity index (χ0) is 18.2. The first-order valence-electron chi connectivity index (χ1n) is 8.64. The Kier molecular flexibility index (Phi) is 4.83. The van der Waals surface area contributed by atoms with E-state index >= 15 is 0 Å². The van der Waals surface area contributed by atoms with Crippen molar-refractivity contribution in [3.05, 3.63) is 53.1 Å². The average Bonchev–Trinajstić information content (AvgIpc) is 2.94. The fraction of sp³-hybridized carbons (Fsp3) is 0.429. The number of halogens is 2. The second kappa shape index (κ2) is 6.75. The third kappa shape index (κ3) is 3.28. The van der Waals surface area contributed by atoms with Crippen LogP contribution in [0.4, 0.5) is 8.78 Å². The van der Waals surface area contributed by atoms with Crippen molar-refractivity contribution in [3.8, 4) is 16.9 Å². The SMILES string of the molecule is COc1ccc(F)c(-c2cc(F)c(CO)cc2C2CCCC2(C)C)c1. The van der Waals surface area contributed by atoms with Crippen molar-refractivity contribution < 1.29 is 18.6 Å². The van der Waals surface area contributed by atoms with Gasteiger partial charge in [0.2, 0.25) is 0 Å². The van der Waals surface area contributed by atoms with Crippen LogP contribution < -0.4 is 4.74 Å². The van der Waals surface area contributed by atoms with Gasteiger partial charge in [-0.3, -0.25) is 0 Å². The van der Waals surface area contributed by atoms with Gasteiger partial charge < -0.3 is 9.84 Å². The summed E-state index contributed by atoms with van der Waals surface area (Å²) in [4.78, 5) is 0. The number of benzene rings is 2. The first-order chi connectivity index (χ1) is 11.9. The number of rotatable bonds is 4. The zero-order valence-corrected chi connectivity index (χ0v) is 14.9. The summed E-state index contributed by atoms with van der Waals surface area (Å²) >= 11 is 0. The van der Waals surface area contributed by atoms with Gasteiger partial charge in [0, 0.05) is 11.1 Å². The maximum atomic E-state index is 14.5. The van der Waals surface area contributed by atoms with Gasteiger partial charge in [-0.1, -0.05) is 20.3 Å². The monoisotopic (exact) mass is 346 g/mol. The Hall–Kier alpha value is -1.94. The van der Waals surface area contributed by atoms with Crippen molar-refractivity contribution in [2.45, 2.75) is 45.6 Å². The highest BCUT2D eigenvalue weighted by atomic mass is 19.1. The molecule has 0 radical (unpaired) electrons. The van der Waals surface area contributed by atoms with Crippen LogP contribution in [0.15, 0.2) is 30.3 Å². The molecule has 2 aromatic rings. The van der Waals surface area contributed by atoms with Crippen LogP contribution >= 0.6 is 0 Å². The lowest BCUT2D eigenvalue weighted by molar-refractivity contribution is 0.275. The first-order valence-corrected chi connectivity index (χ1v) is 8.64. The molecule has 2 nitrogen and oxygen atoms in total. The summed E-state index contributed by atoms with van der Waals surface area (Å²) in [6.45, 7) is 4.02. The summed E-state index contributed by atoms with van der Waals surface area (Å²) in [5.74, 6) is -0.202. The molecule has 25 heavy (non-hydrogen) atoms. The second-order valence-corrected chi connectivity index (χ2v) is 7.47. The lowest BCUT2D eigenvalue weighted by Crippen LogP contribution is -2.17. The van der Waals surface area contributed by atoms with Crippen molar-refractivity contribution in [1.29, 1.82) is 0 Å². The van der Waals surface area contributed by atoms with Gasteiger partial charge in [-0.2, -0.15) is 0 Å². The molecule has 1 aliphatic carbocycles. The molecule has 4 heteroatoms. The Morgan fingerprint density at radius 2 is 1.88 bits per heavy atom. The summed E-state index contributed by atoms with van der Waals surface area (Å²) in [5, 5.41) is 9.48. The highest BCUT2D eigenvalue weighted by molar-refractivity contribution is 5.71. The van der Waals surface area contributed by atoms with E-state index in [4.69, 9.17) is 4.74 Å². The molecule has 0 spiro atoms. The number of ether oxygens (including phenoxy) is 1. The first kappa shape index (κ1) is 17.9. The Labute approximate surface area is 147 Å². The molecule has 134 valence electrons. The number of aliphatic hydroxyl groups is 1. The number of aliphatic hydroxyl groups excluding tert-OH is 1. The van der Waals surface area contributed by atoms with E-state index in [0.717, 1.165) is 24.8 Å². The largest absolute Gasteiger partial charge is 0.497 e. The van der Waals surface area contributed by atoms with Gasteiger partial charge in [-0.05, 0) is 65.6 Å². The normalized spacial score (nSPS) is 19.2. The van der Waals surface area contributed by atoms with Crippen molar-refractivity contribution >= 4 is 0 Å². The smallest absolute Gasteiger partial charge is 0.131 e. The summed E-state index contributed by atoms with van der Waals surface area (Å²) in [7, 11) is 1.52. The third-order valence-corrected chi connectivity index (χ3v) is 5.49. The van der Waals surface area contributed by atoms with Crippen molar-refractivity contribution in [2.24, 2.45) is 5.41 Å². The minimum absolute atomic E-state index is 0.0502. The fourth-order valence-corrected chi connectivity index (χ4v) is 4.02. The standard InChI is InChI=1S/C21H24F2O2/c1-21(2)8-4-5-18(21)16-9-13(12-24)20(23)11-15(16)17-10-14(25-3)6-7-19(17)22/h6-7,9-11,18,24H,4-5,8,12H2,1-3H3. The van der Waals surface area contributed by atoms with Crippen LogP contribution in [0, 0.1) is 17.0 Å². The van der Waals surface area contributed by atoms with Crippen molar-refractivity contribution in [2.75, 3.05) is 7.11 Å². The van der Waals surface area contributed by atoms with E-state index in [1.54, 1.807) is 18.2 Å². The molecule has 2 aromatic carbocycles. The van der Waals surface area contributed by atoms with E-state index < -0.39 is 11.6 Å². The van der Waals surface area contributed by atoms with Crippen LogP contribution in [0.1, 0.15) is 50.2 Å². The van der Waals surface area contributed by atoms with Gasteiger partial charge in [0.15, 0.2) is 0 Å². The van der Waals surface area contributed by atoms with Gasteiger partial charge in [0.25, 0.3) is 0 Å². The van der Waals surface area contributed by atoms with Gasteiger partial charge in [-0.15, -0.1) is 0 Å². The van der Waals surface area contributed by atoms with Crippen molar-refractivity contribution in [3.63, 3.8) is 0 Å². The third-order valence-electron chi connectivity index (χ3n) is 5.49. The number of hydrogen-bond donors (Lipinski definition) is 1. The predicted octanol–water partition coefficient (Wildman–Crippen LogP) is 5.43. The quantitative estimate of drug-likeness (QED) is 0.800. The molecule has 0 heterocycles. The van der Waals surface area contributed by atoms with E-state index in [1.807, 2.05) is 0 Å². The van der Waals surface area contributed by atoms with Crippen LogP contribution in [0.3, 0.4) is 0 Å². The molecule has 0 saturated heterocycles. The summed E-state index contributed by atoms with van der Waals surface area (Å²) in [6, 6.07) is 7.56. The highest BCUT2D eigenvalue weighted by Gasteiger charge is 2.37. The lowest BCUT2D eigenvalue weighted by Gasteiger charge is -2.30. The molecular weight excluding hydrogens is 322 g/mol. The molecule has 0 amide bonds. The minimum atomic E-state index is -0.515. The molecule has 1 unspecified atom stereocenters. The van der Waals surface area contributed by atoms with E-state index in [-0.39, 0.29) is 23.5 Å². The molecule has 1 fully saturated rings. The average molecular weight is 346 g/mol. The van der Waals surface area contributed by atoms with Gasteiger partial charge in [-0.25, -0.2) is 8.78 Å². The van der Waals surface area contributed by atoms with Gasteiger partial charge >= 0.3 is 0 Å².